The number of nitrogens with zero attached hydrogens (tertiary/aromatic N) is 3. The molecule has 1 amide bonds. The smallest absolute Gasteiger partial charge is 0.242 e. The van der Waals surface area contributed by atoms with Crippen LogP contribution in [0.4, 0.5) is 5.13 Å². The van der Waals surface area contributed by atoms with Crippen molar-refractivity contribution in [3.63, 3.8) is 0 Å². The minimum atomic E-state index is -0.413. The zero-order valence-electron chi connectivity index (χ0n) is 9.33. The van der Waals surface area contributed by atoms with Gasteiger partial charge in [0.05, 0.1) is 13.2 Å². The van der Waals surface area contributed by atoms with Crippen molar-refractivity contribution in [2.45, 2.75) is 24.8 Å². The highest BCUT2D eigenvalue weighted by Gasteiger charge is 2.33. The fraction of sp³-hybridized carbons (Fsp3) is 0.700. The van der Waals surface area contributed by atoms with Gasteiger partial charge in [-0.1, -0.05) is 0 Å². The molecule has 1 aromatic heterocycles. The molecule has 0 aromatic carbocycles. The van der Waals surface area contributed by atoms with Crippen LogP contribution in [0.15, 0.2) is 0 Å². The van der Waals surface area contributed by atoms with Gasteiger partial charge in [0.25, 0.3) is 0 Å². The summed E-state index contributed by atoms with van der Waals surface area (Å²) in [4.78, 5) is 17.8. The molecular formula is C10H14N4O2S. The van der Waals surface area contributed by atoms with Crippen LogP contribution >= 0.6 is 11.5 Å². The SMILES string of the molecule is NC(=O)[C@H]1COCCN1c1nc(C2CC2)ns1. The number of amides is 1. The lowest BCUT2D eigenvalue weighted by Gasteiger charge is -2.32. The summed E-state index contributed by atoms with van der Waals surface area (Å²) >= 11 is 1.35. The largest absolute Gasteiger partial charge is 0.377 e. The van der Waals surface area contributed by atoms with Gasteiger partial charge in [-0.2, -0.15) is 4.37 Å². The summed E-state index contributed by atoms with van der Waals surface area (Å²) in [6, 6.07) is -0.413. The maximum Gasteiger partial charge on any atom is 0.242 e. The molecule has 0 unspecified atom stereocenters. The lowest BCUT2D eigenvalue weighted by molar-refractivity contribution is -0.121. The number of hydrogen-bond acceptors (Lipinski definition) is 6. The number of ether oxygens (including phenoxy) is 1. The predicted molar refractivity (Wildman–Crippen MR) is 63.0 cm³/mol. The van der Waals surface area contributed by atoms with Crippen molar-refractivity contribution in [3.8, 4) is 0 Å². The summed E-state index contributed by atoms with van der Waals surface area (Å²) in [5, 5.41) is 0.791. The van der Waals surface area contributed by atoms with Crippen LogP contribution in [0.5, 0.6) is 0 Å². The van der Waals surface area contributed by atoms with E-state index < -0.39 is 6.04 Å². The van der Waals surface area contributed by atoms with Gasteiger partial charge in [-0.05, 0) is 12.8 Å². The molecule has 1 aromatic rings. The molecule has 1 aliphatic heterocycles. The topological polar surface area (TPSA) is 81.3 Å². The zero-order valence-corrected chi connectivity index (χ0v) is 10.2. The minimum absolute atomic E-state index is 0.341. The number of primary amides is 1. The Labute approximate surface area is 103 Å². The van der Waals surface area contributed by atoms with Crippen molar-refractivity contribution in [2.75, 3.05) is 24.7 Å². The fourth-order valence-corrected chi connectivity index (χ4v) is 2.74. The first-order chi connectivity index (χ1) is 8.25. The maximum atomic E-state index is 11.3. The van der Waals surface area contributed by atoms with Crippen LogP contribution in [0.1, 0.15) is 24.6 Å². The first-order valence-corrected chi connectivity index (χ1v) is 6.50. The van der Waals surface area contributed by atoms with E-state index in [1.54, 1.807) is 0 Å². The molecule has 0 radical (unpaired) electrons. The molecular weight excluding hydrogens is 240 g/mol. The van der Waals surface area contributed by atoms with Crippen molar-refractivity contribution >= 4 is 22.6 Å². The number of nitrogens with two attached hydrogens (primary N) is 1. The molecule has 2 N–H and O–H groups in total. The fourth-order valence-electron chi connectivity index (χ4n) is 1.92. The average molecular weight is 254 g/mol. The third-order valence-corrected chi connectivity index (χ3v) is 3.84. The van der Waals surface area contributed by atoms with Crippen LogP contribution < -0.4 is 10.6 Å². The third kappa shape index (κ3) is 2.12. The van der Waals surface area contributed by atoms with E-state index in [-0.39, 0.29) is 5.91 Å². The molecule has 0 spiro atoms. The number of carbonyl (C=O) groups excluding carboxylic acids is 1. The Morgan fingerprint density at radius 2 is 2.35 bits per heavy atom. The summed E-state index contributed by atoms with van der Waals surface area (Å²) < 4.78 is 9.62. The Morgan fingerprint density at radius 3 is 3.06 bits per heavy atom. The number of hydrogen-bond donors (Lipinski definition) is 1. The molecule has 1 aliphatic carbocycles. The molecule has 2 heterocycles. The second kappa shape index (κ2) is 4.23. The van der Waals surface area contributed by atoms with Crippen LogP contribution in [0.25, 0.3) is 0 Å². The molecule has 1 atom stereocenters. The van der Waals surface area contributed by atoms with E-state index in [1.807, 2.05) is 4.90 Å². The van der Waals surface area contributed by atoms with E-state index in [4.69, 9.17) is 10.5 Å². The van der Waals surface area contributed by atoms with E-state index in [1.165, 1.54) is 24.4 Å². The Kier molecular flexibility index (Phi) is 2.71. The number of rotatable bonds is 3. The maximum absolute atomic E-state index is 11.3. The molecule has 1 saturated heterocycles. The predicted octanol–water partition coefficient (Wildman–Crippen LogP) is 0.106. The first-order valence-electron chi connectivity index (χ1n) is 5.73. The van der Waals surface area contributed by atoms with Crippen molar-refractivity contribution in [2.24, 2.45) is 5.73 Å². The molecule has 0 bridgehead atoms. The summed E-state index contributed by atoms with van der Waals surface area (Å²) in [7, 11) is 0. The van der Waals surface area contributed by atoms with Gasteiger partial charge in [0.2, 0.25) is 11.0 Å². The van der Waals surface area contributed by atoms with Gasteiger partial charge in [-0.15, -0.1) is 0 Å². The van der Waals surface area contributed by atoms with Crippen molar-refractivity contribution in [1.29, 1.82) is 0 Å². The van der Waals surface area contributed by atoms with Crippen LogP contribution in [0.2, 0.25) is 0 Å². The van der Waals surface area contributed by atoms with Crippen LogP contribution in [-0.2, 0) is 9.53 Å². The molecule has 17 heavy (non-hydrogen) atoms. The van der Waals surface area contributed by atoms with Gasteiger partial charge in [-0.25, -0.2) is 4.98 Å². The standard InChI is InChI=1S/C10H14N4O2S/c11-8(15)7-5-16-4-3-14(7)10-12-9(13-17-10)6-1-2-6/h6-7H,1-5H2,(H2,11,15)/t7-/m1/s1. The van der Waals surface area contributed by atoms with E-state index in [0.29, 0.717) is 25.7 Å². The van der Waals surface area contributed by atoms with Gasteiger partial charge in [0, 0.05) is 24.0 Å². The second-order valence-corrected chi connectivity index (χ2v) is 5.13. The summed E-state index contributed by atoms with van der Waals surface area (Å²) in [6.45, 7) is 1.59. The molecule has 3 rings (SSSR count). The molecule has 1 saturated carbocycles. The Morgan fingerprint density at radius 1 is 1.53 bits per heavy atom. The third-order valence-electron chi connectivity index (χ3n) is 3.08. The van der Waals surface area contributed by atoms with Crippen molar-refractivity contribution < 1.29 is 9.53 Å². The monoisotopic (exact) mass is 254 g/mol. The van der Waals surface area contributed by atoms with E-state index in [9.17, 15) is 4.79 Å². The van der Waals surface area contributed by atoms with Gasteiger partial charge in [0.15, 0.2) is 0 Å². The normalized spacial score (nSPS) is 24.9. The molecule has 6 nitrogen and oxygen atoms in total. The second-order valence-electron chi connectivity index (χ2n) is 4.40. The number of anilines is 1. The molecule has 2 fully saturated rings. The van der Waals surface area contributed by atoms with Crippen LogP contribution in [0, 0.1) is 0 Å². The minimum Gasteiger partial charge on any atom is -0.377 e. The van der Waals surface area contributed by atoms with Gasteiger partial charge >= 0.3 is 0 Å². The van der Waals surface area contributed by atoms with Gasteiger partial charge in [-0.3, -0.25) is 4.79 Å². The Balaban J connectivity index is 1.81. The lowest BCUT2D eigenvalue weighted by atomic mass is 10.2. The van der Waals surface area contributed by atoms with Crippen molar-refractivity contribution in [3.05, 3.63) is 5.82 Å². The number of carbonyl (C=O) groups is 1. The number of aromatic nitrogens is 2. The van der Waals surface area contributed by atoms with E-state index in [2.05, 4.69) is 9.36 Å². The average Bonchev–Trinajstić information content (AvgIpc) is 3.07. The van der Waals surface area contributed by atoms with Gasteiger partial charge < -0.3 is 15.4 Å². The summed E-state index contributed by atoms with van der Waals surface area (Å²) in [5.74, 6) is 1.08. The Bertz CT molecular complexity index is 432. The number of morpholine rings is 1. The summed E-state index contributed by atoms with van der Waals surface area (Å²) in [5.41, 5.74) is 5.37. The van der Waals surface area contributed by atoms with Crippen LogP contribution in [0.3, 0.4) is 0 Å². The highest BCUT2D eigenvalue weighted by molar-refractivity contribution is 7.09. The highest BCUT2D eigenvalue weighted by atomic mass is 32.1. The Hall–Kier alpha value is -1.21. The molecule has 7 heteroatoms. The van der Waals surface area contributed by atoms with Crippen LogP contribution in [-0.4, -0.2) is 41.1 Å². The van der Waals surface area contributed by atoms with Gasteiger partial charge in [0.1, 0.15) is 11.9 Å². The molecule has 92 valence electrons. The van der Waals surface area contributed by atoms with E-state index in [0.717, 1.165) is 11.0 Å². The highest BCUT2D eigenvalue weighted by Crippen LogP contribution is 2.40. The molecule has 2 aliphatic rings. The van der Waals surface area contributed by atoms with Crippen molar-refractivity contribution in [1.82, 2.24) is 9.36 Å². The quantitative estimate of drug-likeness (QED) is 0.827. The summed E-state index contributed by atoms with van der Waals surface area (Å²) in [6.07, 6.45) is 2.36. The van der Waals surface area contributed by atoms with E-state index >= 15 is 0 Å². The first kappa shape index (κ1) is 10.9. The lowest BCUT2D eigenvalue weighted by Crippen LogP contribution is -2.52. The zero-order chi connectivity index (χ0) is 11.8.